The number of allylic oxidation sites excluding steroid dienone is 8. The fraction of sp³-hybridized carbons (Fsp3) is 0.778. The first-order valence-corrected chi connectivity index (χ1v) is 26.0. The summed E-state index contributed by atoms with van der Waals surface area (Å²) in [6, 6.07) is 0. The van der Waals surface area contributed by atoms with E-state index < -0.39 is 85.5 Å². The molecule has 5 N–H and O–H groups in total. The number of carbonyl (C=O) groups is 2. The predicted molar refractivity (Wildman–Crippen MR) is 242 cm³/mol. The van der Waals surface area contributed by atoms with Gasteiger partial charge < -0.3 is 34.6 Å². The first kappa shape index (κ1) is 60.0. The lowest BCUT2D eigenvalue weighted by molar-refractivity contribution is -0.148. The minimum Gasteiger partial charge on any atom is -0.463 e. The molecule has 5 atom stereocenters. The number of phosphoric ester groups is 2. The summed E-state index contributed by atoms with van der Waals surface area (Å²) in [5.41, 5.74) is 0. The van der Waals surface area contributed by atoms with Gasteiger partial charge in [-0.1, -0.05) is 146 Å². The van der Waals surface area contributed by atoms with Gasteiger partial charge in [-0.15, -0.1) is 0 Å². The molecule has 0 fully saturated rings. The van der Waals surface area contributed by atoms with Crippen LogP contribution >= 0.6 is 15.6 Å². The van der Waals surface area contributed by atoms with E-state index in [1.54, 1.807) is 0 Å². The zero-order valence-electron chi connectivity index (χ0n) is 37.8. The molecule has 0 amide bonds. The molecule has 17 heteroatoms. The number of rotatable bonds is 44. The first-order chi connectivity index (χ1) is 29.8. The van der Waals surface area contributed by atoms with Crippen molar-refractivity contribution in [2.45, 2.75) is 186 Å². The summed E-state index contributed by atoms with van der Waals surface area (Å²) in [6.07, 6.45) is 36.8. The van der Waals surface area contributed by atoms with E-state index in [9.17, 15) is 43.8 Å². The molecule has 62 heavy (non-hydrogen) atoms. The van der Waals surface area contributed by atoms with Crippen LogP contribution in [-0.4, -0.2) is 95.0 Å². The van der Waals surface area contributed by atoms with Crippen molar-refractivity contribution in [3.63, 3.8) is 0 Å². The van der Waals surface area contributed by atoms with Gasteiger partial charge in [-0.2, -0.15) is 0 Å². The maximum atomic E-state index is 12.1. The van der Waals surface area contributed by atoms with Crippen LogP contribution < -0.4 is 0 Å². The SMILES string of the molecule is CC/C=C/C=C/C=C\CCCCCCCC(=O)OCC(O)COP(=O)(O)OCC(O)COP(=O)(O)OCC(O)COC(=O)CCCCCCCCC/C=C/CCCCCCCC. The number of ether oxygens (including phenoxy) is 2. The Labute approximate surface area is 372 Å². The van der Waals surface area contributed by atoms with Crippen LogP contribution in [0.4, 0.5) is 0 Å². The molecule has 5 unspecified atom stereocenters. The number of aliphatic hydroxyl groups is 3. The fourth-order valence-corrected chi connectivity index (χ4v) is 7.33. The molecule has 0 radical (unpaired) electrons. The van der Waals surface area contributed by atoms with Crippen LogP contribution in [0.5, 0.6) is 0 Å². The van der Waals surface area contributed by atoms with Crippen LogP contribution in [0, 0.1) is 0 Å². The van der Waals surface area contributed by atoms with Crippen LogP contribution in [-0.2, 0) is 46.3 Å². The second kappa shape index (κ2) is 41.7. The number of hydrogen-bond acceptors (Lipinski definition) is 13. The van der Waals surface area contributed by atoms with Gasteiger partial charge in [0, 0.05) is 12.8 Å². The van der Waals surface area contributed by atoms with Crippen molar-refractivity contribution >= 4 is 27.6 Å². The number of aliphatic hydroxyl groups excluding tert-OH is 3. The largest absolute Gasteiger partial charge is 0.472 e. The average molecular weight is 925 g/mol. The molecule has 0 spiro atoms. The first-order valence-electron chi connectivity index (χ1n) is 23.0. The Bertz CT molecular complexity index is 1310. The third-order valence-electron chi connectivity index (χ3n) is 9.33. The van der Waals surface area contributed by atoms with Crippen molar-refractivity contribution in [1.82, 2.24) is 0 Å². The van der Waals surface area contributed by atoms with Crippen LogP contribution in [0.15, 0.2) is 48.6 Å². The Kier molecular flexibility index (Phi) is 40.3. The van der Waals surface area contributed by atoms with Crippen molar-refractivity contribution in [2.24, 2.45) is 0 Å². The lowest BCUT2D eigenvalue weighted by atomic mass is 10.1. The van der Waals surface area contributed by atoms with Crippen molar-refractivity contribution in [2.75, 3.05) is 39.6 Å². The van der Waals surface area contributed by atoms with E-state index in [2.05, 4.69) is 56.2 Å². The number of carbonyl (C=O) groups excluding carboxylic acids is 2. The molecule has 0 aromatic carbocycles. The van der Waals surface area contributed by atoms with E-state index in [0.29, 0.717) is 12.8 Å². The molecule has 0 heterocycles. The molecular formula is C45H82O15P2. The van der Waals surface area contributed by atoms with Crippen molar-refractivity contribution in [1.29, 1.82) is 0 Å². The molecule has 0 saturated carbocycles. The van der Waals surface area contributed by atoms with E-state index in [1.165, 1.54) is 57.8 Å². The molecule has 0 saturated heterocycles. The summed E-state index contributed by atoms with van der Waals surface area (Å²) in [5.74, 6) is -1.02. The van der Waals surface area contributed by atoms with Gasteiger partial charge in [0.15, 0.2) is 0 Å². The monoisotopic (exact) mass is 925 g/mol. The van der Waals surface area contributed by atoms with Gasteiger partial charge in [0.05, 0.1) is 26.4 Å². The van der Waals surface area contributed by atoms with Gasteiger partial charge in [0.1, 0.15) is 31.5 Å². The van der Waals surface area contributed by atoms with Crippen LogP contribution in [0.2, 0.25) is 0 Å². The van der Waals surface area contributed by atoms with Gasteiger partial charge in [-0.05, 0) is 57.8 Å². The second-order valence-corrected chi connectivity index (χ2v) is 18.4. The van der Waals surface area contributed by atoms with Crippen molar-refractivity contribution in [3.8, 4) is 0 Å². The summed E-state index contributed by atoms with van der Waals surface area (Å²) in [5, 5.41) is 30.0. The minimum absolute atomic E-state index is 0.172. The highest BCUT2D eigenvalue weighted by atomic mass is 31.2. The Morgan fingerprint density at radius 1 is 0.435 bits per heavy atom. The van der Waals surface area contributed by atoms with Gasteiger partial charge in [0.2, 0.25) is 0 Å². The van der Waals surface area contributed by atoms with Gasteiger partial charge in [0.25, 0.3) is 0 Å². The molecule has 362 valence electrons. The summed E-state index contributed by atoms with van der Waals surface area (Å²) < 4.78 is 52.9. The van der Waals surface area contributed by atoms with Gasteiger partial charge in [-0.25, -0.2) is 9.13 Å². The molecule has 0 bridgehead atoms. The standard InChI is InChI=1S/C45H82O15P2/c1-3-5-7-9-11-13-15-17-18-19-20-22-24-26-28-30-32-34-45(50)56-36-42(47)38-58-62(53,54)60-40-43(48)39-59-61(51,52)57-37-41(46)35-55-44(49)33-31-29-27-25-23-21-16-14-12-10-8-6-4-2/h6,8,10,12,14,16-18,41-43,46-48H,3-5,7,9,11,13,15,19-40H2,1-2H3,(H,51,52)(H,53,54)/b8-6+,12-10+,16-14-,18-17+. The van der Waals surface area contributed by atoms with E-state index in [0.717, 1.165) is 70.6 Å². The Morgan fingerprint density at radius 2 is 0.758 bits per heavy atom. The topological polar surface area (TPSA) is 225 Å². The lowest BCUT2D eigenvalue weighted by Crippen LogP contribution is -2.25. The fourth-order valence-electron chi connectivity index (χ4n) is 5.74. The summed E-state index contributed by atoms with van der Waals surface area (Å²) >= 11 is 0. The number of hydrogen-bond donors (Lipinski definition) is 5. The zero-order chi connectivity index (χ0) is 46.0. The molecule has 0 aliphatic rings. The smallest absolute Gasteiger partial charge is 0.463 e. The molecule has 0 rings (SSSR count). The van der Waals surface area contributed by atoms with E-state index in [4.69, 9.17) is 9.47 Å². The van der Waals surface area contributed by atoms with E-state index >= 15 is 0 Å². The maximum Gasteiger partial charge on any atom is 0.472 e. The minimum atomic E-state index is -4.79. The average Bonchev–Trinajstić information content (AvgIpc) is 3.24. The summed E-state index contributed by atoms with van der Waals surface area (Å²) in [7, 11) is -9.57. The number of esters is 2. The molecule has 15 nitrogen and oxygen atoms in total. The van der Waals surface area contributed by atoms with Crippen LogP contribution in [0.25, 0.3) is 0 Å². The molecule has 0 aliphatic heterocycles. The number of phosphoric acid groups is 2. The van der Waals surface area contributed by atoms with Crippen molar-refractivity contribution < 1.29 is 71.4 Å². The highest BCUT2D eigenvalue weighted by Crippen LogP contribution is 2.45. The molecule has 0 aromatic heterocycles. The van der Waals surface area contributed by atoms with E-state index in [-0.39, 0.29) is 12.8 Å². The third kappa shape index (κ3) is 43.3. The second-order valence-electron chi connectivity index (χ2n) is 15.4. The zero-order valence-corrected chi connectivity index (χ0v) is 39.6. The Morgan fingerprint density at radius 3 is 1.15 bits per heavy atom. The number of unbranched alkanes of at least 4 members (excludes halogenated alkanes) is 18. The third-order valence-corrected chi connectivity index (χ3v) is 11.2. The van der Waals surface area contributed by atoms with Crippen molar-refractivity contribution in [3.05, 3.63) is 48.6 Å². The van der Waals surface area contributed by atoms with Gasteiger partial charge >= 0.3 is 27.6 Å². The van der Waals surface area contributed by atoms with Crippen LogP contribution in [0.1, 0.15) is 168 Å². The molecular weight excluding hydrogens is 842 g/mol. The lowest BCUT2D eigenvalue weighted by Gasteiger charge is -2.19. The Hall–Kier alpha value is -2.00. The summed E-state index contributed by atoms with van der Waals surface area (Å²) in [6.45, 7) is 0.243. The predicted octanol–water partition coefficient (Wildman–Crippen LogP) is 10.0. The Balaban J connectivity index is 3.91. The highest BCUT2D eigenvalue weighted by molar-refractivity contribution is 7.47. The highest BCUT2D eigenvalue weighted by Gasteiger charge is 2.28. The van der Waals surface area contributed by atoms with Gasteiger partial charge in [-0.3, -0.25) is 27.7 Å². The van der Waals surface area contributed by atoms with Crippen LogP contribution in [0.3, 0.4) is 0 Å². The molecule has 0 aromatic rings. The summed E-state index contributed by atoms with van der Waals surface area (Å²) in [4.78, 5) is 43.7. The normalized spacial score (nSPS) is 15.7. The quantitative estimate of drug-likeness (QED) is 0.0126. The maximum absolute atomic E-state index is 12.1. The van der Waals surface area contributed by atoms with E-state index in [1.807, 2.05) is 24.3 Å². The molecule has 0 aliphatic carbocycles.